The van der Waals surface area contributed by atoms with Crippen molar-refractivity contribution < 1.29 is 13.9 Å². The van der Waals surface area contributed by atoms with Gasteiger partial charge >= 0.3 is 0 Å². The summed E-state index contributed by atoms with van der Waals surface area (Å²) in [6.07, 6.45) is 2.24. The summed E-state index contributed by atoms with van der Waals surface area (Å²) in [5, 5.41) is 0. The van der Waals surface area contributed by atoms with Crippen LogP contribution in [0.1, 0.15) is 16.8 Å². The van der Waals surface area contributed by atoms with Crippen LogP contribution in [0.2, 0.25) is 0 Å². The van der Waals surface area contributed by atoms with E-state index < -0.39 is 5.82 Å². The van der Waals surface area contributed by atoms with Gasteiger partial charge in [0.1, 0.15) is 11.6 Å². The zero-order valence-corrected chi connectivity index (χ0v) is 9.57. The first-order valence-electron chi connectivity index (χ1n) is 4.55. The van der Waals surface area contributed by atoms with Crippen molar-refractivity contribution in [1.82, 2.24) is 0 Å². The summed E-state index contributed by atoms with van der Waals surface area (Å²) in [5.41, 5.74) is 0.0639. The van der Waals surface area contributed by atoms with E-state index in [0.717, 1.165) is 0 Å². The van der Waals surface area contributed by atoms with Crippen molar-refractivity contribution in [2.24, 2.45) is 0 Å². The predicted molar refractivity (Wildman–Crippen MR) is 60.3 cm³/mol. The molecule has 0 radical (unpaired) electrons. The Balaban J connectivity index is 2.95. The van der Waals surface area contributed by atoms with Crippen molar-refractivity contribution in [1.29, 1.82) is 0 Å². The fourth-order valence-electron chi connectivity index (χ4n) is 1.26. The zero-order valence-electron chi connectivity index (χ0n) is 8.75. The molecular weight excluding hydrogens is 215 g/mol. The number of benzene rings is 1. The molecule has 0 N–H and O–H groups in total. The average Bonchev–Trinajstić information content (AvgIpc) is 2.25. The van der Waals surface area contributed by atoms with Crippen molar-refractivity contribution in [2.75, 3.05) is 19.1 Å². The van der Waals surface area contributed by atoms with E-state index in [1.165, 1.54) is 19.2 Å². The van der Waals surface area contributed by atoms with Gasteiger partial charge < -0.3 is 4.74 Å². The number of ketones is 1. The standard InChI is InChI=1S/C11H13FO2S/c1-14-10-5-3-4-8(12)11(10)9(13)6-7-15-2/h3-5H,6-7H2,1-2H3. The largest absolute Gasteiger partial charge is 0.496 e. The lowest BCUT2D eigenvalue weighted by Crippen LogP contribution is -2.06. The van der Waals surface area contributed by atoms with E-state index >= 15 is 0 Å². The van der Waals surface area contributed by atoms with Gasteiger partial charge in [0.15, 0.2) is 5.78 Å². The first-order chi connectivity index (χ1) is 7.20. The number of carbonyl (C=O) groups excluding carboxylic acids is 1. The normalized spacial score (nSPS) is 10.1. The van der Waals surface area contributed by atoms with Crippen molar-refractivity contribution in [3.63, 3.8) is 0 Å². The minimum Gasteiger partial charge on any atom is -0.496 e. The second-order valence-electron chi connectivity index (χ2n) is 2.98. The lowest BCUT2D eigenvalue weighted by Gasteiger charge is -2.07. The van der Waals surface area contributed by atoms with Crippen LogP contribution >= 0.6 is 11.8 Å². The average molecular weight is 228 g/mol. The molecule has 0 aliphatic heterocycles. The second-order valence-corrected chi connectivity index (χ2v) is 3.97. The third-order valence-electron chi connectivity index (χ3n) is 2.01. The highest BCUT2D eigenvalue weighted by molar-refractivity contribution is 7.98. The van der Waals surface area contributed by atoms with Crippen LogP contribution in [-0.2, 0) is 0 Å². The molecule has 0 spiro atoms. The Morgan fingerprint density at radius 3 is 2.87 bits per heavy atom. The quantitative estimate of drug-likeness (QED) is 0.725. The molecule has 0 aliphatic carbocycles. The number of methoxy groups -OCH3 is 1. The molecule has 0 unspecified atom stereocenters. The van der Waals surface area contributed by atoms with E-state index in [-0.39, 0.29) is 11.3 Å². The van der Waals surface area contributed by atoms with Gasteiger partial charge in [-0.25, -0.2) is 4.39 Å². The van der Waals surface area contributed by atoms with Crippen molar-refractivity contribution in [3.8, 4) is 5.75 Å². The molecule has 2 nitrogen and oxygen atoms in total. The molecule has 15 heavy (non-hydrogen) atoms. The van der Waals surface area contributed by atoms with Gasteiger partial charge in [0.25, 0.3) is 0 Å². The van der Waals surface area contributed by atoms with Crippen molar-refractivity contribution in [3.05, 3.63) is 29.6 Å². The third kappa shape index (κ3) is 2.96. The SMILES string of the molecule is COc1cccc(F)c1C(=O)CCSC. The molecule has 0 heterocycles. The summed E-state index contributed by atoms with van der Waals surface area (Å²) in [4.78, 5) is 11.7. The summed E-state index contributed by atoms with van der Waals surface area (Å²) in [5.74, 6) is 0.275. The van der Waals surface area contributed by atoms with E-state index in [1.807, 2.05) is 6.26 Å². The van der Waals surface area contributed by atoms with Gasteiger partial charge in [0, 0.05) is 12.2 Å². The Morgan fingerprint density at radius 2 is 2.27 bits per heavy atom. The van der Waals surface area contributed by atoms with Crippen molar-refractivity contribution in [2.45, 2.75) is 6.42 Å². The molecule has 0 atom stereocenters. The number of hydrogen-bond acceptors (Lipinski definition) is 3. The maximum atomic E-state index is 13.4. The molecule has 82 valence electrons. The van der Waals surface area contributed by atoms with E-state index in [2.05, 4.69) is 0 Å². The van der Waals surface area contributed by atoms with Gasteiger partial charge in [-0.1, -0.05) is 6.07 Å². The number of thioether (sulfide) groups is 1. The van der Waals surface area contributed by atoms with Crippen LogP contribution in [0.4, 0.5) is 4.39 Å². The van der Waals surface area contributed by atoms with Crippen LogP contribution in [0.25, 0.3) is 0 Å². The molecule has 1 rings (SSSR count). The molecule has 4 heteroatoms. The van der Waals surface area contributed by atoms with Crippen LogP contribution in [-0.4, -0.2) is 24.9 Å². The highest BCUT2D eigenvalue weighted by Crippen LogP contribution is 2.22. The van der Waals surface area contributed by atoms with Crippen LogP contribution in [0, 0.1) is 5.82 Å². The van der Waals surface area contributed by atoms with Crippen LogP contribution in [0.3, 0.4) is 0 Å². The molecule has 0 saturated carbocycles. The van der Waals surface area contributed by atoms with E-state index in [1.54, 1.807) is 17.8 Å². The predicted octanol–water partition coefficient (Wildman–Crippen LogP) is 2.77. The Kier molecular flexibility index (Phi) is 4.62. The van der Waals surface area contributed by atoms with Gasteiger partial charge in [-0.3, -0.25) is 4.79 Å². The van der Waals surface area contributed by atoms with Gasteiger partial charge in [-0.05, 0) is 18.4 Å². The maximum absolute atomic E-state index is 13.4. The maximum Gasteiger partial charge on any atom is 0.170 e. The van der Waals surface area contributed by atoms with E-state index in [0.29, 0.717) is 17.9 Å². The van der Waals surface area contributed by atoms with Gasteiger partial charge in [-0.15, -0.1) is 0 Å². The number of rotatable bonds is 5. The molecule has 0 bridgehead atoms. The molecule has 0 aliphatic rings. The Morgan fingerprint density at radius 1 is 1.53 bits per heavy atom. The molecule has 1 aromatic carbocycles. The molecule has 0 fully saturated rings. The van der Waals surface area contributed by atoms with Crippen LogP contribution in [0.15, 0.2) is 18.2 Å². The minimum absolute atomic E-state index is 0.0639. The fraction of sp³-hybridized carbons (Fsp3) is 0.364. The summed E-state index contributed by atoms with van der Waals surface area (Å²) in [7, 11) is 1.43. The molecular formula is C11H13FO2S. The second kappa shape index (κ2) is 5.75. The molecule has 1 aromatic rings. The fourth-order valence-corrected chi connectivity index (χ4v) is 1.65. The summed E-state index contributed by atoms with van der Waals surface area (Å²) in [6.45, 7) is 0. The summed E-state index contributed by atoms with van der Waals surface area (Å²) in [6, 6.07) is 4.39. The van der Waals surface area contributed by atoms with Crippen molar-refractivity contribution >= 4 is 17.5 Å². The molecule has 0 amide bonds. The summed E-state index contributed by atoms with van der Waals surface area (Å²) < 4.78 is 18.4. The number of carbonyl (C=O) groups is 1. The number of ether oxygens (including phenoxy) is 1. The molecule has 0 aromatic heterocycles. The summed E-state index contributed by atoms with van der Waals surface area (Å²) >= 11 is 1.56. The van der Waals surface area contributed by atoms with Crippen LogP contribution < -0.4 is 4.74 Å². The first-order valence-corrected chi connectivity index (χ1v) is 5.94. The smallest absolute Gasteiger partial charge is 0.170 e. The lowest BCUT2D eigenvalue weighted by molar-refractivity contribution is 0.0982. The number of halogens is 1. The zero-order chi connectivity index (χ0) is 11.3. The Hall–Kier alpha value is -1.03. The highest BCUT2D eigenvalue weighted by Gasteiger charge is 2.16. The highest BCUT2D eigenvalue weighted by atomic mass is 32.2. The molecule has 0 saturated heterocycles. The first kappa shape index (κ1) is 12.0. The lowest BCUT2D eigenvalue weighted by atomic mass is 10.1. The Labute approximate surface area is 92.8 Å². The number of hydrogen-bond donors (Lipinski definition) is 0. The topological polar surface area (TPSA) is 26.3 Å². The van der Waals surface area contributed by atoms with Crippen LogP contribution in [0.5, 0.6) is 5.75 Å². The van der Waals surface area contributed by atoms with Gasteiger partial charge in [-0.2, -0.15) is 11.8 Å². The van der Waals surface area contributed by atoms with E-state index in [4.69, 9.17) is 4.74 Å². The minimum atomic E-state index is -0.513. The monoisotopic (exact) mass is 228 g/mol. The Bertz CT molecular complexity index is 352. The third-order valence-corrected chi connectivity index (χ3v) is 2.62. The van der Waals surface area contributed by atoms with Gasteiger partial charge in [0.2, 0.25) is 0 Å². The number of Topliss-reactive ketones (excluding diaryl/α,β-unsaturated/α-hetero) is 1. The van der Waals surface area contributed by atoms with E-state index in [9.17, 15) is 9.18 Å². The van der Waals surface area contributed by atoms with Gasteiger partial charge in [0.05, 0.1) is 12.7 Å².